The number of anilines is 1. The second-order valence-electron chi connectivity index (χ2n) is 18.0. The summed E-state index contributed by atoms with van der Waals surface area (Å²) in [4.78, 5) is 72.5. The summed E-state index contributed by atoms with van der Waals surface area (Å²) in [5, 5.41) is 37.2. The van der Waals surface area contributed by atoms with Crippen LogP contribution in [0.1, 0.15) is 84.0 Å². The minimum Gasteiger partial charge on any atom is -0.481 e. The SMILES string of the molecule is C#C.C=C1CC(C)C(=O)N1CCOCCC(=O)NC(C(=O)NCC(=O)Nc1ccc(CO)c(COCc2cn(CCOCCOCCOCCOCCOCCOCCOCCOCCC(=O)O)nn2)c1)C(C)C.CC.CCCNC(N)=O. The number of carboxylic acid groups (broad SMARTS) is 1. The third-order valence-electron chi connectivity index (χ3n) is 11.1. The summed E-state index contributed by atoms with van der Waals surface area (Å²) < 4.78 is 56.6. The largest absolute Gasteiger partial charge is 0.481 e. The van der Waals surface area contributed by atoms with Crippen LogP contribution in [0.4, 0.5) is 10.5 Å². The first-order valence-electron chi connectivity index (χ1n) is 28.0. The van der Waals surface area contributed by atoms with E-state index in [0.29, 0.717) is 148 Å². The molecule has 27 nitrogen and oxygen atoms in total. The number of allylic oxidation sites excluding steroid dienone is 1. The van der Waals surface area contributed by atoms with Crippen LogP contribution in [0.25, 0.3) is 0 Å². The van der Waals surface area contributed by atoms with Crippen molar-refractivity contribution in [2.24, 2.45) is 17.6 Å². The molecule has 2 unspecified atom stereocenters. The summed E-state index contributed by atoms with van der Waals surface area (Å²) in [5.74, 6) is -2.61. The normalized spacial score (nSPS) is 13.0. The summed E-state index contributed by atoms with van der Waals surface area (Å²) in [6, 6.07) is 3.68. The number of carbonyl (C=O) groups excluding carboxylic acids is 5. The Morgan fingerprint density at radius 3 is 1.70 bits per heavy atom. The number of nitrogens with one attached hydrogen (secondary N) is 4. The van der Waals surface area contributed by atoms with Crippen LogP contribution in [-0.4, -0.2) is 210 Å². The molecule has 2 atom stereocenters. The Balaban J connectivity index is 0.00000560. The molecule has 1 aromatic heterocycles. The number of amides is 6. The molecule has 6 amide bonds. The minimum absolute atomic E-state index is 0.0159. The number of urea groups is 1. The molecule has 0 bridgehead atoms. The molecule has 1 saturated heterocycles. The van der Waals surface area contributed by atoms with E-state index in [4.69, 9.17) is 58.2 Å². The van der Waals surface area contributed by atoms with Crippen LogP contribution in [0.2, 0.25) is 0 Å². The maximum absolute atomic E-state index is 13.0. The Morgan fingerprint density at radius 2 is 1.23 bits per heavy atom. The molecule has 0 radical (unpaired) electrons. The van der Waals surface area contributed by atoms with E-state index in [0.717, 1.165) is 12.1 Å². The number of carbonyl (C=O) groups is 6. The van der Waals surface area contributed by atoms with Gasteiger partial charge in [-0.3, -0.25) is 24.0 Å². The number of aromatic nitrogens is 3. The van der Waals surface area contributed by atoms with Gasteiger partial charge in [0, 0.05) is 36.8 Å². The van der Waals surface area contributed by atoms with Crippen LogP contribution in [0, 0.1) is 24.7 Å². The van der Waals surface area contributed by atoms with E-state index in [-0.39, 0.29) is 82.7 Å². The lowest BCUT2D eigenvalue weighted by Gasteiger charge is -2.22. The molecule has 1 fully saturated rings. The zero-order chi connectivity index (χ0) is 61.9. The minimum atomic E-state index is -0.890. The number of aliphatic carboxylic acids is 1. The molecule has 8 N–H and O–H groups in total. The van der Waals surface area contributed by atoms with E-state index in [2.05, 4.69) is 51.0 Å². The first-order valence-corrected chi connectivity index (χ1v) is 28.0. The van der Waals surface area contributed by atoms with Crippen molar-refractivity contribution < 1.29 is 86.3 Å². The highest BCUT2D eigenvalue weighted by Gasteiger charge is 2.31. The van der Waals surface area contributed by atoms with Gasteiger partial charge in [0.05, 0.1) is 164 Å². The van der Waals surface area contributed by atoms with Gasteiger partial charge >= 0.3 is 12.0 Å². The van der Waals surface area contributed by atoms with Crippen LogP contribution < -0.4 is 27.0 Å². The fraction of sp³-hybridized carbons (Fsp3) is 0.679. The number of benzene rings is 1. The number of nitrogens with zero attached hydrogens (tertiary/aromatic N) is 4. The van der Waals surface area contributed by atoms with Gasteiger partial charge in [0.2, 0.25) is 23.6 Å². The third-order valence-corrected chi connectivity index (χ3v) is 11.1. The van der Waals surface area contributed by atoms with Gasteiger partial charge in [0.1, 0.15) is 11.7 Å². The molecule has 0 aliphatic carbocycles. The topological polar surface area (TPSA) is 343 Å². The number of hydrogen-bond donors (Lipinski definition) is 7. The highest BCUT2D eigenvalue weighted by Crippen LogP contribution is 2.25. The molecule has 0 saturated carbocycles. The number of primary amides is 1. The van der Waals surface area contributed by atoms with Crippen molar-refractivity contribution >= 4 is 41.3 Å². The molecular weight excluding hydrogens is 1090 g/mol. The van der Waals surface area contributed by atoms with Crippen molar-refractivity contribution in [2.75, 3.05) is 144 Å². The van der Waals surface area contributed by atoms with E-state index in [1.165, 1.54) is 0 Å². The number of likely N-dealkylation sites (tertiary alicyclic amines) is 1. The Labute approximate surface area is 489 Å². The van der Waals surface area contributed by atoms with Crippen molar-refractivity contribution in [2.45, 2.75) is 99.6 Å². The smallest absolute Gasteiger partial charge is 0.312 e. The van der Waals surface area contributed by atoms with Crippen molar-refractivity contribution in [3.05, 3.63) is 53.5 Å². The van der Waals surface area contributed by atoms with Crippen LogP contribution in [0.5, 0.6) is 0 Å². The first-order chi connectivity index (χ1) is 40.1. The van der Waals surface area contributed by atoms with E-state index in [1.807, 2.05) is 27.7 Å². The fourth-order valence-corrected chi connectivity index (χ4v) is 6.91. The lowest BCUT2D eigenvalue weighted by atomic mass is 10.0. The van der Waals surface area contributed by atoms with E-state index < -0.39 is 29.9 Å². The number of nitrogens with two attached hydrogens (primary N) is 1. The number of carboxylic acids is 1. The van der Waals surface area contributed by atoms with Crippen molar-refractivity contribution in [1.29, 1.82) is 0 Å². The predicted molar refractivity (Wildman–Crippen MR) is 307 cm³/mol. The number of ether oxygens (including phenoxy) is 10. The Hall–Kier alpha value is -6.16. The quantitative estimate of drug-likeness (QED) is 0.0370. The second-order valence-corrected chi connectivity index (χ2v) is 18.0. The molecule has 83 heavy (non-hydrogen) atoms. The van der Waals surface area contributed by atoms with Gasteiger partial charge in [0.25, 0.3) is 0 Å². The number of aliphatic hydroxyl groups is 1. The zero-order valence-electron chi connectivity index (χ0n) is 49.7. The van der Waals surface area contributed by atoms with Gasteiger partial charge in [-0.2, -0.15) is 0 Å². The Morgan fingerprint density at radius 1 is 0.723 bits per heavy atom. The molecule has 1 aliphatic heterocycles. The predicted octanol–water partition coefficient (Wildman–Crippen LogP) is 2.42. The zero-order valence-corrected chi connectivity index (χ0v) is 49.7. The molecule has 2 aromatic rings. The van der Waals surface area contributed by atoms with Crippen molar-refractivity contribution in [3.8, 4) is 12.8 Å². The van der Waals surface area contributed by atoms with Crippen LogP contribution in [-0.2, 0) is 97.7 Å². The summed E-state index contributed by atoms with van der Waals surface area (Å²) in [5.41, 5.74) is 7.78. The molecule has 1 aliphatic rings. The van der Waals surface area contributed by atoms with Gasteiger partial charge in [-0.1, -0.05) is 59.4 Å². The number of terminal acetylenes is 1. The number of hydrogen-bond acceptors (Lipinski definition) is 19. The average molecular weight is 1180 g/mol. The van der Waals surface area contributed by atoms with Gasteiger partial charge in [-0.15, -0.1) is 17.9 Å². The lowest BCUT2D eigenvalue weighted by molar-refractivity contribution is -0.138. The molecule has 3 rings (SSSR count). The molecule has 0 spiro atoms. The molecule has 2 heterocycles. The van der Waals surface area contributed by atoms with Gasteiger partial charge in [-0.05, 0) is 42.0 Å². The standard InChI is InChI=1S/C48H77N7O17.C4H10N2O.C2H6.C2H2/c1-36(2)46(51-43(57)7-11-63-14-10-55-38(4)29-37(3)48(55)62)47(61)49-31-44(58)50-41-6-5-39(33-56)40(30-41)34-72-35-42-32-54(53-52-42)9-13-65-16-18-67-20-22-69-24-26-71-28-27-70-25-23-68-21-19-66-17-15-64-12-8-45(59)60;1-2-3-6-4(5)7;2*1-2/h5-6,30,32,36-37,46,56H,4,7-29,31,33-35H2,1-3H3,(H,49,61)(H,50,58)(H,51,57)(H,59,60);2-3H2,1H3,(H3,5,6,7);1-2H3;1-2H. The van der Waals surface area contributed by atoms with Gasteiger partial charge in [-0.25, -0.2) is 9.48 Å². The Kier molecular flexibility index (Phi) is 47.7. The van der Waals surface area contributed by atoms with Gasteiger partial charge in [0.15, 0.2) is 0 Å². The summed E-state index contributed by atoms with van der Waals surface area (Å²) >= 11 is 0. The monoisotopic (exact) mass is 1180 g/mol. The number of aliphatic hydroxyl groups excluding tert-OH is 1. The van der Waals surface area contributed by atoms with E-state index >= 15 is 0 Å². The Bertz CT molecular complexity index is 2100. The highest BCUT2D eigenvalue weighted by molar-refractivity contribution is 5.96. The molecule has 1 aromatic carbocycles. The van der Waals surface area contributed by atoms with Crippen LogP contribution >= 0.6 is 0 Å². The molecular formula is C56H95N9O18. The lowest BCUT2D eigenvalue weighted by Crippen LogP contribution is -2.51. The maximum Gasteiger partial charge on any atom is 0.312 e. The molecule has 472 valence electrons. The van der Waals surface area contributed by atoms with Crippen molar-refractivity contribution in [3.63, 3.8) is 0 Å². The number of rotatable bonds is 46. The summed E-state index contributed by atoms with van der Waals surface area (Å²) in [6.45, 7) is 23.3. The van der Waals surface area contributed by atoms with Crippen molar-refractivity contribution in [1.82, 2.24) is 35.8 Å². The van der Waals surface area contributed by atoms with Gasteiger partial charge < -0.3 is 89.5 Å². The second kappa shape index (κ2) is 51.5. The summed E-state index contributed by atoms with van der Waals surface area (Å²) in [6.07, 6.45) is 11.3. The summed E-state index contributed by atoms with van der Waals surface area (Å²) in [7, 11) is 0. The van der Waals surface area contributed by atoms with Crippen LogP contribution in [0.15, 0.2) is 36.7 Å². The fourth-order valence-electron chi connectivity index (χ4n) is 6.91. The first kappa shape index (κ1) is 76.8. The third kappa shape index (κ3) is 39.9. The van der Waals surface area contributed by atoms with E-state index in [1.54, 1.807) is 47.8 Å². The van der Waals surface area contributed by atoms with E-state index in [9.17, 15) is 33.9 Å². The maximum atomic E-state index is 13.0. The van der Waals surface area contributed by atoms with Crippen LogP contribution in [0.3, 0.4) is 0 Å². The molecule has 27 heteroatoms. The average Bonchev–Trinajstić information content (AvgIpc) is 4.08. The highest BCUT2D eigenvalue weighted by atomic mass is 16.6.